The summed E-state index contributed by atoms with van der Waals surface area (Å²) in [6.07, 6.45) is 9.07. The van der Waals surface area contributed by atoms with Crippen molar-refractivity contribution in [3.63, 3.8) is 0 Å². The molecule has 0 aromatic carbocycles. The third-order valence-corrected chi connectivity index (χ3v) is 4.77. The van der Waals surface area contributed by atoms with Crippen LogP contribution in [0.2, 0.25) is 0 Å². The van der Waals surface area contributed by atoms with E-state index in [1.54, 1.807) is 31.0 Å². The Morgan fingerprint density at radius 1 is 1.07 bits per heavy atom. The van der Waals surface area contributed by atoms with Gasteiger partial charge in [0.25, 0.3) is 0 Å². The van der Waals surface area contributed by atoms with Crippen molar-refractivity contribution >= 4 is 33.4 Å². The molecule has 5 heterocycles. The van der Waals surface area contributed by atoms with Crippen LogP contribution in [0.15, 0.2) is 55.2 Å². The second kappa shape index (κ2) is 6.83. The normalized spacial score (nSPS) is 11.2. The van der Waals surface area contributed by atoms with Crippen LogP contribution in [0.4, 0.5) is 5.69 Å². The molecule has 1 amide bonds. The molecule has 0 atom stereocenters. The van der Waals surface area contributed by atoms with E-state index in [0.717, 1.165) is 44.5 Å². The number of hydrogen-bond donors (Lipinski definition) is 3. The van der Waals surface area contributed by atoms with Gasteiger partial charge in [0.15, 0.2) is 0 Å². The van der Waals surface area contributed by atoms with Gasteiger partial charge in [0.1, 0.15) is 5.69 Å². The molecule has 0 saturated carbocycles. The Bertz CT molecular complexity index is 1320. The molecule has 5 rings (SSSR count). The number of hydrogen-bond acceptors (Lipinski definition) is 5. The molecule has 0 aliphatic heterocycles. The first-order valence-electron chi connectivity index (χ1n) is 9.24. The number of fused-ring (bicyclic) bond motifs is 2. The van der Waals surface area contributed by atoms with E-state index in [1.807, 2.05) is 25.1 Å². The van der Waals surface area contributed by atoms with Crippen LogP contribution in [-0.4, -0.2) is 36.0 Å². The molecule has 0 spiro atoms. The van der Waals surface area contributed by atoms with Crippen LogP contribution < -0.4 is 5.32 Å². The summed E-state index contributed by atoms with van der Waals surface area (Å²) in [5.74, 6) is -0.0576. The van der Waals surface area contributed by atoms with Gasteiger partial charge in [-0.25, -0.2) is 0 Å². The van der Waals surface area contributed by atoms with Gasteiger partial charge in [-0.2, -0.15) is 5.10 Å². The van der Waals surface area contributed by atoms with Crippen LogP contribution in [0, 0.1) is 0 Å². The van der Waals surface area contributed by atoms with E-state index >= 15 is 0 Å². The molecule has 0 saturated heterocycles. The molecule has 142 valence electrons. The Morgan fingerprint density at radius 3 is 2.86 bits per heavy atom. The topological polar surface area (TPSA) is 112 Å². The number of carbonyl (C=O) groups excluding carboxylic acids is 1. The van der Waals surface area contributed by atoms with Crippen molar-refractivity contribution in [1.29, 1.82) is 0 Å². The van der Waals surface area contributed by atoms with Crippen LogP contribution >= 0.6 is 0 Å². The molecule has 0 unspecified atom stereocenters. The molecule has 5 aromatic rings. The van der Waals surface area contributed by atoms with Gasteiger partial charge in [-0.05, 0) is 24.3 Å². The van der Waals surface area contributed by atoms with Crippen molar-refractivity contribution in [3.05, 3.63) is 55.2 Å². The molecule has 8 heteroatoms. The summed E-state index contributed by atoms with van der Waals surface area (Å²) < 4.78 is 0. The second-order valence-electron chi connectivity index (χ2n) is 6.70. The highest BCUT2D eigenvalue weighted by molar-refractivity contribution is 5.97. The van der Waals surface area contributed by atoms with E-state index in [-0.39, 0.29) is 5.91 Å². The first kappa shape index (κ1) is 17.1. The van der Waals surface area contributed by atoms with Gasteiger partial charge in [0, 0.05) is 35.2 Å². The molecular formula is C21H17N7O. The number of H-pyrrole nitrogens is 2. The third kappa shape index (κ3) is 3.10. The number of pyridine rings is 3. The van der Waals surface area contributed by atoms with E-state index in [1.165, 1.54) is 0 Å². The van der Waals surface area contributed by atoms with E-state index < -0.39 is 0 Å². The van der Waals surface area contributed by atoms with Crippen molar-refractivity contribution in [2.24, 2.45) is 0 Å². The van der Waals surface area contributed by atoms with Gasteiger partial charge in [-0.3, -0.25) is 24.8 Å². The monoisotopic (exact) mass is 383 g/mol. The number of aromatic amines is 2. The van der Waals surface area contributed by atoms with Gasteiger partial charge in [-0.15, -0.1) is 0 Å². The average molecular weight is 383 g/mol. The molecule has 0 aliphatic rings. The summed E-state index contributed by atoms with van der Waals surface area (Å²) in [5, 5.41) is 12.4. The standard InChI is InChI=1S/C21H17N7O/c1-2-20(29)25-14-5-13(8-23-9-14)16-7-15-19(11-24-16)27-28-21(15)17-6-12-3-4-22-10-18(12)26-17/h3-11,26H,2H2,1H3,(H,25,29)(H,27,28). The minimum absolute atomic E-state index is 0.0576. The summed E-state index contributed by atoms with van der Waals surface area (Å²) in [7, 11) is 0. The molecule has 0 aliphatic carbocycles. The Morgan fingerprint density at radius 2 is 2.00 bits per heavy atom. The fourth-order valence-electron chi connectivity index (χ4n) is 3.28. The summed E-state index contributed by atoms with van der Waals surface area (Å²) in [5.41, 5.74) is 5.71. The molecule has 29 heavy (non-hydrogen) atoms. The minimum atomic E-state index is -0.0576. The number of nitrogens with zero attached hydrogens (tertiary/aromatic N) is 4. The zero-order valence-corrected chi connectivity index (χ0v) is 15.6. The van der Waals surface area contributed by atoms with Gasteiger partial charge < -0.3 is 10.3 Å². The number of anilines is 1. The maximum Gasteiger partial charge on any atom is 0.224 e. The third-order valence-electron chi connectivity index (χ3n) is 4.77. The predicted molar refractivity (Wildman–Crippen MR) is 111 cm³/mol. The molecule has 8 nitrogen and oxygen atoms in total. The number of amides is 1. The lowest BCUT2D eigenvalue weighted by Crippen LogP contribution is -2.09. The van der Waals surface area contributed by atoms with E-state index in [9.17, 15) is 4.79 Å². The van der Waals surface area contributed by atoms with E-state index in [2.05, 4.69) is 41.5 Å². The van der Waals surface area contributed by atoms with Crippen LogP contribution in [0.1, 0.15) is 13.3 Å². The summed E-state index contributed by atoms with van der Waals surface area (Å²) in [6, 6.07) is 7.84. The summed E-state index contributed by atoms with van der Waals surface area (Å²) >= 11 is 0. The van der Waals surface area contributed by atoms with E-state index in [0.29, 0.717) is 12.1 Å². The van der Waals surface area contributed by atoms with Gasteiger partial charge >= 0.3 is 0 Å². The highest BCUT2D eigenvalue weighted by Crippen LogP contribution is 2.30. The second-order valence-corrected chi connectivity index (χ2v) is 6.70. The first-order chi connectivity index (χ1) is 14.2. The lowest BCUT2D eigenvalue weighted by atomic mass is 10.1. The Labute approximate surface area is 165 Å². The predicted octanol–water partition coefficient (Wildman–Crippen LogP) is 3.91. The van der Waals surface area contributed by atoms with Gasteiger partial charge in [-0.1, -0.05) is 6.92 Å². The largest absolute Gasteiger partial charge is 0.352 e. The molecule has 0 fully saturated rings. The highest BCUT2D eigenvalue weighted by atomic mass is 16.1. The number of aromatic nitrogens is 6. The number of carbonyl (C=O) groups is 1. The SMILES string of the molecule is CCC(=O)Nc1cncc(-c2cc3c(-c4cc5ccncc5[nH]4)n[nH]c3cn2)c1. The zero-order chi connectivity index (χ0) is 19.8. The lowest BCUT2D eigenvalue weighted by Gasteiger charge is -2.06. The quantitative estimate of drug-likeness (QED) is 0.435. The number of rotatable bonds is 4. The van der Waals surface area contributed by atoms with Crippen molar-refractivity contribution in [1.82, 2.24) is 30.1 Å². The van der Waals surface area contributed by atoms with E-state index in [4.69, 9.17) is 0 Å². The molecular weight excluding hydrogens is 366 g/mol. The smallest absolute Gasteiger partial charge is 0.224 e. The van der Waals surface area contributed by atoms with Gasteiger partial charge in [0.05, 0.1) is 46.7 Å². The van der Waals surface area contributed by atoms with Crippen LogP contribution in [0.3, 0.4) is 0 Å². The van der Waals surface area contributed by atoms with Crippen LogP contribution in [0.5, 0.6) is 0 Å². The van der Waals surface area contributed by atoms with Crippen molar-refractivity contribution in [2.45, 2.75) is 13.3 Å². The van der Waals surface area contributed by atoms with Crippen molar-refractivity contribution in [3.8, 4) is 22.6 Å². The summed E-state index contributed by atoms with van der Waals surface area (Å²) in [4.78, 5) is 27.9. The Kier molecular flexibility index (Phi) is 4.02. The van der Waals surface area contributed by atoms with Crippen LogP contribution in [-0.2, 0) is 4.79 Å². The maximum absolute atomic E-state index is 11.7. The zero-order valence-electron chi connectivity index (χ0n) is 15.6. The lowest BCUT2D eigenvalue weighted by molar-refractivity contribution is -0.115. The Hall–Kier alpha value is -4.07. The fourth-order valence-corrected chi connectivity index (χ4v) is 3.28. The highest BCUT2D eigenvalue weighted by Gasteiger charge is 2.13. The summed E-state index contributed by atoms with van der Waals surface area (Å²) in [6.45, 7) is 1.81. The molecule has 3 N–H and O–H groups in total. The first-order valence-corrected chi connectivity index (χ1v) is 9.24. The van der Waals surface area contributed by atoms with Crippen molar-refractivity contribution < 1.29 is 4.79 Å². The molecule has 0 bridgehead atoms. The maximum atomic E-state index is 11.7. The van der Waals surface area contributed by atoms with Gasteiger partial charge in [0.2, 0.25) is 5.91 Å². The fraction of sp³-hybridized carbons (Fsp3) is 0.0952. The number of nitrogens with one attached hydrogen (secondary N) is 3. The molecule has 5 aromatic heterocycles. The van der Waals surface area contributed by atoms with Crippen LogP contribution in [0.25, 0.3) is 44.5 Å². The Balaban J connectivity index is 1.58. The van der Waals surface area contributed by atoms with Crippen molar-refractivity contribution in [2.75, 3.05) is 5.32 Å². The average Bonchev–Trinajstić information content (AvgIpc) is 3.37. The minimum Gasteiger partial charge on any atom is -0.352 e. The molecule has 0 radical (unpaired) electrons.